The zero-order valence-electron chi connectivity index (χ0n) is 10.3. The van der Waals surface area contributed by atoms with Gasteiger partial charge in [-0.1, -0.05) is 6.92 Å². The number of ether oxygens (including phenoxy) is 1. The van der Waals surface area contributed by atoms with Crippen molar-refractivity contribution in [3.05, 3.63) is 22.2 Å². The van der Waals surface area contributed by atoms with Crippen molar-refractivity contribution < 1.29 is 14.6 Å². The van der Waals surface area contributed by atoms with Gasteiger partial charge in [-0.15, -0.1) is 11.8 Å². The molecule has 0 saturated heterocycles. The molecule has 0 aliphatic carbocycles. The van der Waals surface area contributed by atoms with Gasteiger partial charge in [0.2, 0.25) is 0 Å². The smallest absolute Gasteiger partial charge is 0.339 e. The van der Waals surface area contributed by atoms with Gasteiger partial charge in [-0.2, -0.15) is 0 Å². The van der Waals surface area contributed by atoms with Crippen LogP contribution >= 0.6 is 27.7 Å². The zero-order chi connectivity index (χ0) is 13.7. The number of esters is 1. The van der Waals surface area contributed by atoms with Crippen molar-refractivity contribution in [1.29, 1.82) is 0 Å². The van der Waals surface area contributed by atoms with Crippen LogP contribution in [0, 0.1) is 0 Å². The van der Waals surface area contributed by atoms with Gasteiger partial charge in [0.1, 0.15) is 0 Å². The molecule has 0 amide bonds. The van der Waals surface area contributed by atoms with E-state index >= 15 is 0 Å². The average molecular weight is 334 g/mol. The molecule has 100 valence electrons. The summed E-state index contributed by atoms with van der Waals surface area (Å²) >= 11 is 4.99. The SMILES string of the molecule is COC(=O)c1cc(SC(C)CCO)c(Br)cc1N. The minimum atomic E-state index is -0.448. The zero-order valence-corrected chi connectivity index (χ0v) is 12.7. The number of hydrogen-bond donors (Lipinski definition) is 2. The molecular weight excluding hydrogens is 318 g/mol. The number of rotatable bonds is 5. The molecule has 0 heterocycles. The number of aliphatic hydroxyl groups is 1. The normalized spacial score (nSPS) is 12.2. The van der Waals surface area contributed by atoms with E-state index in [1.54, 1.807) is 23.9 Å². The molecule has 0 aromatic heterocycles. The maximum atomic E-state index is 11.5. The van der Waals surface area contributed by atoms with Crippen LogP contribution in [0.15, 0.2) is 21.5 Å². The lowest BCUT2D eigenvalue weighted by molar-refractivity contribution is 0.0601. The van der Waals surface area contributed by atoms with E-state index in [4.69, 9.17) is 10.8 Å². The van der Waals surface area contributed by atoms with Crippen molar-refractivity contribution in [2.24, 2.45) is 0 Å². The number of halogens is 1. The molecule has 0 radical (unpaired) electrons. The van der Waals surface area contributed by atoms with Crippen LogP contribution in [0.25, 0.3) is 0 Å². The highest BCUT2D eigenvalue weighted by Crippen LogP contribution is 2.35. The van der Waals surface area contributed by atoms with Crippen molar-refractivity contribution in [2.75, 3.05) is 19.5 Å². The Morgan fingerprint density at radius 1 is 1.61 bits per heavy atom. The summed E-state index contributed by atoms with van der Waals surface area (Å²) in [5.74, 6) is -0.448. The van der Waals surface area contributed by atoms with Crippen LogP contribution in [0.1, 0.15) is 23.7 Å². The van der Waals surface area contributed by atoms with E-state index in [1.165, 1.54) is 7.11 Å². The average Bonchev–Trinajstić information content (AvgIpc) is 2.32. The number of nitrogen functional groups attached to an aromatic ring is 1. The van der Waals surface area contributed by atoms with Crippen molar-refractivity contribution in [1.82, 2.24) is 0 Å². The summed E-state index contributed by atoms with van der Waals surface area (Å²) in [6.07, 6.45) is 0.690. The minimum Gasteiger partial charge on any atom is -0.465 e. The fourth-order valence-corrected chi connectivity index (χ4v) is 3.06. The molecule has 3 N–H and O–H groups in total. The second-order valence-electron chi connectivity index (χ2n) is 3.80. The van der Waals surface area contributed by atoms with Crippen LogP contribution in [-0.2, 0) is 4.74 Å². The third-order valence-corrected chi connectivity index (χ3v) is 4.52. The Labute approximate surface area is 119 Å². The topological polar surface area (TPSA) is 72.5 Å². The summed E-state index contributed by atoms with van der Waals surface area (Å²) < 4.78 is 5.52. The van der Waals surface area contributed by atoms with Gasteiger partial charge >= 0.3 is 5.97 Å². The van der Waals surface area contributed by atoms with E-state index in [0.717, 1.165) is 9.37 Å². The number of thioether (sulfide) groups is 1. The van der Waals surface area contributed by atoms with Gasteiger partial charge in [0.25, 0.3) is 0 Å². The number of hydrogen-bond acceptors (Lipinski definition) is 5. The Balaban J connectivity index is 3.01. The van der Waals surface area contributed by atoms with E-state index in [-0.39, 0.29) is 11.9 Å². The molecule has 1 aromatic rings. The van der Waals surface area contributed by atoms with Gasteiger partial charge in [-0.05, 0) is 34.5 Å². The lowest BCUT2D eigenvalue weighted by Crippen LogP contribution is -2.07. The van der Waals surface area contributed by atoms with Crippen molar-refractivity contribution >= 4 is 39.3 Å². The Hall–Kier alpha value is -0.720. The summed E-state index contributed by atoms with van der Waals surface area (Å²) in [4.78, 5) is 12.5. The van der Waals surface area contributed by atoms with Crippen LogP contribution < -0.4 is 5.73 Å². The third-order valence-electron chi connectivity index (χ3n) is 2.37. The molecule has 1 atom stereocenters. The Morgan fingerprint density at radius 3 is 2.83 bits per heavy atom. The number of benzene rings is 1. The van der Waals surface area contributed by atoms with Gasteiger partial charge in [-0.25, -0.2) is 4.79 Å². The Kier molecular flexibility index (Phi) is 5.98. The second kappa shape index (κ2) is 7.01. The summed E-state index contributed by atoms with van der Waals surface area (Å²) in [6, 6.07) is 3.41. The summed E-state index contributed by atoms with van der Waals surface area (Å²) in [6.45, 7) is 2.16. The number of anilines is 1. The highest BCUT2D eigenvalue weighted by atomic mass is 79.9. The van der Waals surface area contributed by atoms with Gasteiger partial charge < -0.3 is 15.6 Å². The van der Waals surface area contributed by atoms with E-state index in [1.807, 2.05) is 6.92 Å². The van der Waals surface area contributed by atoms with Crippen LogP contribution in [0.5, 0.6) is 0 Å². The first-order valence-electron chi connectivity index (χ1n) is 5.44. The monoisotopic (exact) mass is 333 g/mol. The van der Waals surface area contributed by atoms with E-state index in [0.29, 0.717) is 17.7 Å². The Morgan fingerprint density at radius 2 is 2.28 bits per heavy atom. The maximum absolute atomic E-state index is 11.5. The number of aliphatic hydroxyl groups excluding tert-OH is 1. The molecule has 4 nitrogen and oxygen atoms in total. The first-order chi connectivity index (χ1) is 8.49. The molecule has 0 spiro atoms. The minimum absolute atomic E-state index is 0.143. The first-order valence-corrected chi connectivity index (χ1v) is 7.11. The lowest BCUT2D eigenvalue weighted by Gasteiger charge is -2.13. The van der Waals surface area contributed by atoms with Crippen LogP contribution in [-0.4, -0.2) is 30.0 Å². The van der Waals surface area contributed by atoms with Crippen LogP contribution in [0.3, 0.4) is 0 Å². The molecule has 0 bridgehead atoms. The van der Waals surface area contributed by atoms with Crippen LogP contribution in [0.4, 0.5) is 5.69 Å². The predicted molar refractivity (Wildman–Crippen MR) is 76.9 cm³/mol. The number of nitrogens with two attached hydrogens (primary N) is 1. The molecule has 18 heavy (non-hydrogen) atoms. The summed E-state index contributed by atoms with van der Waals surface area (Å²) in [7, 11) is 1.32. The third kappa shape index (κ3) is 3.90. The highest BCUT2D eigenvalue weighted by Gasteiger charge is 2.15. The number of methoxy groups -OCH3 is 1. The van der Waals surface area contributed by atoms with Crippen molar-refractivity contribution in [3.8, 4) is 0 Å². The van der Waals surface area contributed by atoms with E-state index < -0.39 is 5.97 Å². The molecule has 1 rings (SSSR count). The van der Waals surface area contributed by atoms with Crippen LogP contribution in [0.2, 0.25) is 0 Å². The molecule has 0 saturated carbocycles. The number of carbonyl (C=O) groups excluding carboxylic acids is 1. The molecule has 0 aliphatic rings. The van der Waals surface area contributed by atoms with Gasteiger partial charge in [-0.3, -0.25) is 0 Å². The Bertz CT molecular complexity index is 440. The standard InChI is InChI=1S/C12H16BrNO3S/c1-7(3-4-15)18-11-5-8(12(16)17-2)10(14)6-9(11)13/h5-7,15H,3-4,14H2,1-2H3. The molecule has 0 aliphatic heterocycles. The van der Waals surface area contributed by atoms with Gasteiger partial charge in [0.05, 0.1) is 12.7 Å². The maximum Gasteiger partial charge on any atom is 0.339 e. The fraction of sp³-hybridized carbons (Fsp3) is 0.417. The fourth-order valence-electron chi connectivity index (χ4n) is 1.40. The summed E-state index contributed by atoms with van der Waals surface area (Å²) in [5.41, 5.74) is 6.52. The van der Waals surface area contributed by atoms with Gasteiger partial charge in [0.15, 0.2) is 0 Å². The predicted octanol–water partition coefficient (Wildman–Crippen LogP) is 2.68. The first kappa shape index (κ1) is 15.3. The molecule has 1 aromatic carbocycles. The lowest BCUT2D eigenvalue weighted by atomic mass is 10.2. The second-order valence-corrected chi connectivity index (χ2v) is 6.14. The van der Waals surface area contributed by atoms with E-state index in [9.17, 15) is 4.79 Å². The molecule has 0 fully saturated rings. The molecular formula is C12H16BrNO3S. The molecule has 6 heteroatoms. The quantitative estimate of drug-likeness (QED) is 0.492. The number of carbonyl (C=O) groups is 1. The highest BCUT2D eigenvalue weighted by molar-refractivity contribution is 9.10. The van der Waals surface area contributed by atoms with E-state index in [2.05, 4.69) is 20.7 Å². The largest absolute Gasteiger partial charge is 0.465 e. The van der Waals surface area contributed by atoms with Crippen molar-refractivity contribution in [2.45, 2.75) is 23.5 Å². The molecule has 1 unspecified atom stereocenters. The van der Waals surface area contributed by atoms with Gasteiger partial charge in [0, 0.05) is 26.9 Å². The summed E-state index contributed by atoms with van der Waals surface area (Å²) in [5, 5.41) is 9.14. The van der Waals surface area contributed by atoms with Crippen molar-refractivity contribution in [3.63, 3.8) is 0 Å².